The maximum absolute atomic E-state index is 13.6. The molecule has 1 amide bonds. The van der Waals surface area contributed by atoms with Gasteiger partial charge in [-0.1, -0.05) is 18.2 Å². The molecule has 80 valence electrons. The van der Waals surface area contributed by atoms with Gasteiger partial charge in [-0.05, 0) is 18.6 Å². The second kappa shape index (κ2) is 4.73. The third-order valence-electron chi connectivity index (χ3n) is 2.17. The Hall–Kier alpha value is -1.64. The number of carbonyl (C=O) groups is 1. The lowest BCUT2D eigenvalue weighted by molar-refractivity contribution is 0.0805. The van der Waals surface area contributed by atoms with Crippen LogP contribution in [0.5, 0.6) is 0 Å². The molecular weight excluding hydrogens is 193 g/mol. The summed E-state index contributed by atoms with van der Waals surface area (Å²) >= 11 is 0. The molecule has 0 radical (unpaired) electrons. The van der Waals surface area contributed by atoms with Gasteiger partial charge < -0.3 is 4.90 Å². The molecular formula is C12H14FNO. The van der Waals surface area contributed by atoms with Gasteiger partial charge in [0.15, 0.2) is 0 Å². The summed E-state index contributed by atoms with van der Waals surface area (Å²) in [5, 5.41) is 0. The number of hydrogen-bond donors (Lipinski definition) is 0. The largest absolute Gasteiger partial charge is 0.338 e. The van der Waals surface area contributed by atoms with Crippen LogP contribution >= 0.6 is 0 Å². The van der Waals surface area contributed by atoms with Gasteiger partial charge in [0, 0.05) is 13.6 Å². The molecule has 0 saturated heterocycles. The Kier molecular flexibility index (Phi) is 3.61. The highest BCUT2D eigenvalue weighted by molar-refractivity contribution is 5.94. The smallest absolute Gasteiger partial charge is 0.256 e. The third-order valence-corrected chi connectivity index (χ3v) is 2.17. The summed E-state index contributed by atoms with van der Waals surface area (Å²) in [6.07, 6.45) is 1.60. The zero-order valence-electron chi connectivity index (χ0n) is 8.96. The Morgan fingerprint density at radius 3 is 2.87 bits per heavy atom. The lowest BCUT2D eigenvalue weighted by Crippen LogP contribution is -2.27. The predicted molar refractivity (Wildman–Crippen MR) is 58.3 cm³/mol. The maximum atomic E-state index is 13.6. The van der Waals surface area contributed by atoms with Gasteiger partial charge in [-0.3, -0.25) is 4.79 Å². The Bertz CT molecular complexity index is 387. The molecule has 0 aliphatic heterocycles. The lowest BCUT2D eigenvalue weighted by atomic mass is 10.1. The summed E-state index contributed by atoms with van der Waals surface area (Å²) in [4.78, 5) is 13.2. The van der Waals surface area contributed by atoms with Crippen LogP contribution in [0.4, 0.5) is 4.39 Å². The van der Waals surface area contributed by atoms with E-state index in [9.17, 15) is 9.18 Å². The molecule has 3 heteroatoms. The first-order valence-electron chi connectivity index (χ1n) is 4.69. The van der Waals surface area contributed by atoms with Crippen molar-refractivity contribution in [2.45, 2.75) is 6.92 Å². The monoisotopic (exact) mass is 207 g/mol. The Labute approximate surface area is 89.0 Å². The van der Waals surface area contributed by atoms with Crippen LogP contribution in [0, 0.1) is 12.7 Å². The molecule has 0 fully saturated rings. The zero-order valence-corrected chi connectivity index (χ0v) is 8.96. The second-order valence-electron chi connectivity index (χ2n) is 3.41. The minimum absolute atomic E-state index is 0.111. The van der Waals surface area contributed by atoms with Gasteiger partial charge in [0.2, 0.25) is 0 Å². The van der Waals surface area contributed by atoms with Gasteiger partial charge in [-0.2, -0.15) is 0 Å². The van der Waals surface area contributed by atoms with Crippen molar-refractivity contribution in [3.8, 4) is 0 Å². The summed E-state index contributed by atoms with van der Waals surface area (Å²) < 4.78 is 13.6. The Morgan fingerprint density at radius 2 is 2.27 bits per heavy atom. The van der Waals surface area contributed by atoms with E-state index < -0.39 is 5.82 Å². The van der Waals surface area contributed by atoms with Crippen molar-refractivity contribution >= 4 is 5.91 Å². The summed E-state index contributed by atoms with van der Waals surface area (Å²) in [7, 11) is 1.62. The predicted octanol–water partition coefficient (Wildman–Crippen LogP) is 2.39. The Balaban J connectivity index is 3.01. The molecule has 2 nitrogen and oxygen atoms in total. The molecule has 0 aliphatic carbocycles. The van der Waals surface area contributed by atoms with E-state index in [0.29, 0.717) is 12.1 Å². The fourth-order valence-corrected chi connectivity index (χ4v) is 1.29. The van der Waals surface area contributed by atoms with Crippen LogP contribution in [0.2, 0.25) is 0 Å². The SMILES string of the molecule is C=CCN(C)C(=O)c1cccc(C)c1F. The lowest BCUT2D eigenvalue weighted by Gasteiger charge is -2.15. The van der Waals surface area contributed by atoms with Crippen LogP contribution < -0.4 is 0 Å². The molecule has 0 aromatic heterocycles. The third kappa shape index (κ3) is 2.43. The van der Waals surface area contributed by atoms with Crippen LogP contribution in [0.15, 0.2) is 30.9 Å². The molecule has 15 heavy (non-hydrogen) atoms. The van der Waals surface area contributed by atoms with Gasteiger partial charge in [0.05, 0.1) is 5.56 Å². The maximum Gasteiger partial charge on any atom is 0.256 e. The average molecular weight is 207 g/mol. The molecule has 0 heterocycles. The van der Waals surface area contributed by atoms with E-state index in [1.54, 1.807) is 32.2 Å². The van der Waals surface area contributed by atoms with Gasteiger partial charge in [0.1, 0.15) is 5.82 Å². The molecule has 0 bridgehead atoms. The number of nitrogens with zero attached hydrogens (tertiary/aromatic N) is 1. The van der Waals surface area contributed by atoms with Crippen LogP contribution in [0.25, 0.3) is 0 Å². The van der Waals surface area contributed by atoms with Crippen LogP contribution in [-0.4, -0.2) is 24.4 Å². The molecule has 0 unspecified atom stereocenters. The number of carbonyl (C=O) groups excluding carboxylic acids is 1. The zero-order chi connectivity index (χ0) is 11.4. The van der Waals surface area contributed by atoms with Gasteiger partial charge in [0.25, 0.3) is 5.91 Å². The van der Waals surface area contributed by atoms with Crippen molar-refractivity contribution in [2.24, 2.45) is 0 Å². The first-order chi connectivity index (χ1) is 7.07. The summed E-state index contributed by atoms with van der Waals surface area (Å²) in [6.45, 7) is 5.58. The first-order valence-corrected chi connectivity index (χ1v) is 4.69. The van der Waals surface area contributed by atoms with Gasteiger partial charge in [-0.25, -0.2) is 4.39 Å². The number of hydrogen-bond acceptors (Lipinski definition) is 1. The standard InChI is InChI=1S/C12H14FNO/c1-4-8-14(3)12(15)10-7-5-6-9(2)11(10)13/h4-7H,1,8H2,2-3H3. The molecule has 1 aromatic rings. The number of benzene rings is 1. The summed E-state index contributed by atoms with van der Waals surface area (Å²) in [5.41, 5.74) is 0.590. The van der Waals surface area contributed by atoms with E-state index in [-0.39, 0.29) is 11.5 Å². The normalized spacial score (nSPS) is 9.80. The van der Waals surface area contributed by atoms with Crippen LogP contribution in [0.1, 0.15) is 15.9 Å². The van der Waals surface area contributed by atoms with Crippen LogP contribution in [-0.2, 0) is 0 Å². The molecule has 0 atom stereocenters. The highest BCUT2D eigenvalue weighted by Crippen LogP contribution is 2.13. The van der Waals surface area contributed by atoms with Crippen LogP contribution in [0.3, 0.4) is 0 Å². The fraction of sp³-hybridized carbons (Fsp3) is 0.250. The number of aryl methyl sites for hydroxylation is 1. The highest BCUT2D eigenvalue weighted by atomic mass is 19.1. The fourth-order valence-electron chi connectivity index (χ4n) is 1.29. The van der Waals surface area contributed by atoms with Crippen molar-refractivity contribution in [1.82, 2.24) is 4.90 Å². The van der Waals surface area contributed by atoms with Crippen molar-refractivity contribution < 1.29 is 9.18 Å². The minimum atomic E-state index is -0.446. The number of rotatable bonds is 3. The molecule has 1 rings (SSSR count). The van der Waals surface area contributed by atoms with Crippen molar-refractivity contribution in [2.75, 3.05) is 13.6 Å². The second-order valence-corrected chi connectivity index (χ2v) is 3.41. The average Bonchev–Trinajstić information content (AvgIpc) is 2.21. The van der Waals surface area contributed by atoms with E-state index in [0.717, 1.165) is 0 Å². The van der Waals surface area contributed by atoms with E-state index in [1.165, 1.54) is 11.0 Å². The summed E-state index contributed by atoms with van der Waals surface area (Å²) in [6, 6.07) is 4.80. The van der Waals surface area contributed by atoms with E-state index >= 15 is 0 Å². The number of amides is 1. The number of likely N-dealkylation sites (N-methyl/N-ethyl adjacent to an activating group) is 1. The quantitative estimate of drug-likeness (QED) is 0.697. The molecule has 0 N–H and O–H groups in total. The number of halogens is 1. The molecule has 0 saturated carbocycles. The van der Waals surface area contributed by atoms with E-state index in [4.69, 9.17) is 0 Å². The van der Waals surface area contributed by atoms with Gasteiger partial charge >= 0.3 is 0 Å². The minimum Gasteiger partial charge on any atom is -0.338 e. The Morgan fingerprint density at radius 1 is 1.60 bits per heavy atom. The van der Waals surface area contributed by atoms with E-state index in [1.807, 2.05) is 0 Å². The van der Waals surface area contributed by atoms with E-state index in [2.05, 4.69) is 6.58 Å². The first kappa shape index (κ1) is 11.4. The summed E-state index contributed by atoms with van der Waals surface area (Å²) in [5.74, 6) is -0.769. The molecule has 0 spiro atoms. The van der Waals surface area contributed by atoms with Crippen molar-refractivity contribution in [1.29, 1.82) is 0 Å². The van der Waals surface area contributed by atoms with Gasteiger partial charge in [-0.15, -0.1) is 6.58 Å². The topological polar surface area (TPSA) is 20.3 Å². The highest BCUT2D eigenvalue weighted by Gasteiger charge is 2.15. The van der Waals surface area contributed by atoms with Crippen molar-refractivity contribution in [3.63, 3.8) is 0 Å². The molecule has 1 aromatic carbocycles. The molecule has 0 aliphatic rings. The van der Waals surface area contributed by atoms with Crippen molar-refractivity contribution in [3.05, 3.63) is 47.8 Å².